The maximum Gasteiger partial charge on any atom is 0.171 e. The average Bonchev–Trinajstić information content (AvgIpc) is 2.74. The summed E-state index contributed by atoms with van der Waals surface area (Å²) in [5.41, 5.74) is 5.67. The fourth-order valence-electron chi connectivity index (χ4n) is 2.88. The zero-order chi connectivity index (χ0) is 21.4. The van der Waals surface area contributed by atoms with Gasteiger partial charge in [0.1, 0.15) is 5.75 Å². The maximum absolute atomic E-state index is 10.5. The van der Waals surface area contributed by atoms with Crippen LogP contribution in [0, 0.1) is 3.57 Å². The molecular formula is C23H27IO5. The van der Waals surface area contributed by atoms with E-state index in [1.807, 2.05) is 53.8 Å². The van der Waals surface area contributed by atoms with Crippen LogP contribution in [0.4, 0.5) is 0 Å². The lowest BCUT2D eigenvalue weighted by Crippen LogP contribution is -1.99. The summed E-state index contributed by atoms with van der Waals surface area (Å²) in [4.78, 5) is 0. The number of hydrogen-bond acceptors (Lipinski definition) is 5. The van der Waals surface area contributed by atoms with Gasteiger partial charge in [-0.25, -0.2) is 0 Å². The van der Waals surface area contributed by atoms with Crippen molar-refractivity contribution in [1.82, 2.24) is 0 Å². The van der Waals surface area contributed by atoms with Gasteiger partial charge in [-0.3, -0.25) is 0 Å². The molecule has 0 radical (unpaired) electrons. The van der Waals surface area contributed by atoms with E-state index in [1.54, 1.807) is 25.3 Å². The molecule has 0 unspecified atom stereocenters. The highest BCUT2D eigenvalue weighted by molar-refractivity contribution is 14.1. The lowest BCUT2D eigenvalue weighted by molar-refractivity contribution is 0.177. The van der Waals surface area contributed by atoms with E-state index in [0.29, 0.717) is 27.7 Å². The van der Waals surface area contributed by atoms with E-state index >= 15 is 0 Å². The smallest absolute Gasteiger partial charge is 0.171 e. The number of aromatic hydroxyl groups is 1. The molecule has 2 atom stereocenters. The molecule has 2 rings (SSSR count). The van der Waals surface area contributed by atoms with Gasteiger partial charge in [-0.15, -0.1) is 5.73 Å². The third kappa shape index (κ3) is 6.51. The van der Waals surface area contributed by atoms with Gasteiger partial charge in [-0.1, -0.05) is 19.1 Å². The predicted molar refractivity (Wildman–Crippen MR) is 121 cm³/mol. The Labute approximate surface area is 185 Å². The maximum atomic E-state index is 10.5. The summed E-state index contributed by atoms with van der Waals surface area (Å²) < 4.78 is 10.9. The molecule has 0 saturated heterocycles. The second kappa shape index (κ2) is 11.3. The standard InChI is InChI=1S/C23H27IO5/c1-4-15(12-21(26)16-8-10-18(28-2)11-9-16)6-5-7-20(25)17-13-19(24)23(27)22(14-17)29-3/h5,8-11,13-14,20-21,25-27H,4,7,12H2,1-3H3/t6?,20-,21-/m1/s1. The van der Waals surface area contributed by atoms with Crippen LogP contribution >= 0.6 is 22.6 Å². The normalized spacial score (nSPS) is 12.6. The molecule has 0 aromatic heterocycles. The summed E-state index contributed by atoms with van der Waals surface area (Å²) in [5, 5.41) is 30.9. The Balaban J connectivity index is 2.07. The number of benzene rings is 2. The minimum atomic E-state index is -0.741. The van der Waals surface area contributed by atoms with Crippen LogP contribution in [-0.2, 0) is 0 Å². The van der Waals surface area contributed by atoms with Gasteiger partial charge in [0, 0.05) is 12.8 Å². The third-order valence-corrected chi connectivity index (χ3v) is 5.49. The summed E-state index contributed by atoms with van der Waals surface area (Å²) in [7, 11) is 3.09. The first-order valence-corrected chi connectivity index (χ1v) is 10.5. The molecule has 0 bridgehead atoms. The second-order valence-electron chi connectivity index (χ2n) is 6.60. The van der Waals surface area contributed by atoms with Crippen molar-refractivity contribution in [3.63, 3.8) is 0 Å². The van der Waals surface area contributed by atoms with Gasteiger partial charge in [0.15, 0.2) is 11.5 Å². The van der Waals surface area contributed by atoms with Crippen LogP contribution in [-0.4, -0.2) is 29.5 Å². The first-order chi connectivity index (χ1) is 13.9. The summed E-state index contributed by atoms with van der Waals surface area (Å²) in [6.07, 6.45) is 2.02. The van der Waals surface area contributed by atoms with Gasteiger partial charge in [0.25, 0.3) is 0 Å². The molecule has 5 nitrogen and oxygen atoms in total. The number of phenols is 1. The van der Waals surface area contributed by atoms with Crippen LogP contribution in [0.3, 0.4) is 0 Å². The molecule has 29 heavy (non-hydrogen) atoms. The van der Waals surface area contributed by atoms with E-state index in [9.17, 15) is 15.3 Å². The van der Waals surface area contributed by atoms with Gasteiger partial charge in [-0.2, -0.15) is 0 Å². The van der Waals surface area contributed by atoms with Crippen molar-refractivity contribution >= 4 is 22.6 Å². The molecule has 0 fully saturated rings. The first kappa shape index (κ1) is 23.3. The SMILES string of the molecule is CCC(=C=CC[C@@H](O)c1cc(I)c(O)c(OC)c1)C[C@@H](O)c1ccc(OC)cc1. The topological polar surface area (TPSA) is 79.2 Å². The van der Waals surface area contributed by atoms with Gasteiger partial charge < -0.3 is 24.8 Å². The number of hydrogen-bond donors (Lipinski definition) is 3. The van der Waals surface area contributed by atoms with E-state index in [-0.39, 0.29) is 5.75 Å². The highest BCUT2D eigenvalue weighted by Crippen LogP contribution is 2.35. The Kier molecular flexibility index (Phi) is 9.04. The number of methoxy groups -OCH3 is 2. The molecule has 0 aliphatic heterocycles. The number of ether oxygens (including phenoxy) is 2. The monoisotopic (exact) mass is 510 g/mol. The molecule has 2 aromatic rings. The summed E-state index contributed by atoms with van der Waals surface area (Å²) >= 11 is 2.00. The summed E-state index contributed by atoms with van der Waals surface area (Å²) in [6.45, 7) is 2.01. The Morgan fingerprint density at radius 2 is 1.76 bits per heavy atom. The number of aliphatic hydroxyl groups excluding tert-OH is 2. The molecule has 0 aliphatic rings. The highest BCUT2D eigenvalue weighted by atomic mass is 127. The zero-order valence-corrected chi connectivity index (χ0v) is 19.0. The van der Waals surface area contributed by atoms with Crippen LogP contribution < -0.4 is 9.47 Å². The Hall–Kier alpha value is -1.99. The minimum absolute atomic E-state index is 0.0697. The minimum Gasteiger partial charge on any atom is -0.504 e. The number of phenolic OH excluding ortho intramolecular Hbond substituents is 1. The first-order valence-electron chi connectivity index (χ1n) is 9.38. The van der Waals surface area contributed by atoms with E-state index in [4.69, 9.17) is 9.47 Å². The summed E-state index contributed by atoms with van der Waals surface area (Å²) in [5.74, 6) is 1.16. The van der Waals surface area contributed by atoms with Crippen LogP contribution in [0.25, 0.3) is 0 Å². The van der Waals surface area contributed by atoms with Crippen LogP contribution in [0.5, 0.6) is 17.2 Å². The zero-order valence-electron chi connectivity index (χ0n) is 16.9. The van der Waals surface area contributed by atoms with Crippen molar-refractivity contribution in [2.45, 2.75) is 38.4 Å². The van der Waals surface area contributed by atoms with Gasteiger partial charge in [0.05, 0.1) is 30.0 Å². The Morgan fingerprint density at radius 1 is 1.07 bits per heavy atom. The van der Waals surface area contributed by atoms with Crippen LogP contribution in [0.2, 0.25) is 0 Å². The molecule has 0 heterocycles. The molecule has 0 amide bonds. The van der Waals surface area contributed by atoms with Gasteiger partial charge in [-0.05, 0) is 76.1 Å². The lowest BCUT2D eigenvalue weighted by atomic mass is 10.00. The van der Waals surface area contributed by atoms with Crippen molar-refractivity contribution in [1.29, 1.82) is 0 Å². The Bertz CT molecular complexity index is 870. The average molecular weight is 510 g/mol. The van der Waals surface area contributed by atoms with Crippen LogP contribution in [0.15, 0.2) is 53.8 Å². The van der Waals surface area contributed by atoms with Crippen molar-refractivity contribution in [2.24, 2.45) is 0 Å². The number of aliphatic hydroxyl groups is 2. The molecule has 0 aliphatic carbocycles. The number of rotatable bonds is 9. The molecule has 0 spiro atoms. The molecular weight excluding hydrogens is 483 g/mol. The quantitative estimate of drug-likeness (QED) is 0.325. The van der Waals surface area contributed by atoms with Crippen molar-refractivity contribution in [2.75, 3.05) is 14.2 Å². The largest absolute Gasteiger partial charge is 0.504 e. The van der Waals surface area contributed by atoms with Crippen molar-refractivity contribution in [3.8, 4) is 17.2 Å². The van der Waals surface area contributed by atoms with Crippen LogP contribution in [0.1, 0.15) is 49.5 Å². The molecule has 2 aromatic carbocycles. The Morgan fingerprint density at radius 3 is 2.34 bits per heavy atom. The van der Waals surface area contributed by atoms with E-state index in [1.165, 1.54) is 7.11 Å². The molecule has 3 N–H and O–H groups in total. The van der Waals surface area contributed by atoms with E-state index < -0.39 is 12.2 Å². The molecule has 6 heteroatoms. The van der Waals surface area contributed by atoms with E-state index in [0.717, 1.165) is 23.3 Å². The fourth-order valence-corrected chi connectivity index (χ4v) is 3.50. The summed E-state index contributed by atoms with van der Waals surface area (Å²) in [6, 6.07) is 10.7. The van der Waals surface area contributed by atoms with Crippen molar-refractivity contribution in [3.05, 3.63) is 68.5 Å². The van der Waals surface area contributed by atoms with Gasteiger partial charge >= 0.3 is 0 Å². The molecule has 156 valence electrons. The lowest BCUT2D eigenvalue weighted by Gasteiger charge is -2.13. The number of halogens is 1. The predicted octanol–water partition coefficient (Wildman–Crippen LogP) is 5.05. The third-order valence-electron chi connectivity index (χ3n) is 4.67. The molecule has 0 saturated carbocycles. The fraction of sp³-hybridized carbons (Fsp3) is 0.348. The van der Waals surface area contributed by atoms with Gasteiger partial charge in [0.2, 0.25) is 0 Å². The highest BCUT2D eigenvalue weighted by Gasteiger charge is 2.14. The van der Waals surface area contributed by atoms with E-state index in [2.05, 4.69) is 5.73 Å². The second-order valence-corrected chi connectivity index (χ2v) is 7.77. The van der Waals surface area contributed by atoms with Crippen molar-refractivity contribution < 1.29 is 24.8 Å².